The summed E-state index contributed by atoms with van der Waals surface area (Å²) in [6.07, 6.45) is 0. The van der Waals surface area contributed by atoms with Crippen LogP contribution in [-0.2, 0) is 0 Å². The molecular formula is C7H15N3O. The molecule has 4 heteroatoms. The second kappa shape index (κ2) is 3.09. The van der Waals surface area contributed by atoms with E-state index in [1.165, 1.54) is 0 Å². The molecule has 1 aliphatic rings. The van der Waals surface area contributed by atoms with E-state index in [0.29, 0.717) is 12.1 Å². The lowest BCUT2D eigenvalue weighted by Gasteiger charge is -2.34. The Kier molecular flexibility index (Phi) is 2.34. The third kappa shape index (κ3) is 2.08. The van der Waals surface area contributed by atoms with Gasteiger partial charge in [-0.3, -0.25) is 0 Å². The molecule has 0 spiro atoms. The molecule has 4 nitrogen and oxygen atoms in total. The monoisotopic (exact) mass is 157 g/mol. The van der Waals surface area contributed by atoms with Crippen molar-refractivity contribution in [3.05, 3.63) is 0 Å². The second-order valence-corrected chi connectivity index (χ2v) is 3.21. The SMILES string of the molecule is CC1CN(C(N)=O)CC(C)N1. The van der Waals surface area contributed by atoms with Crippen LogP contribution in [-0.4, -0.2) is 36.1 Å². The minimum absolute atomic E-state index is 0.315. The fraction of sp³-hybridized carbons (Fsp3) is 0.857. The van der Waals surface area contributed by atoms with Crippen LogP contribution in [0.3, 0.4) is 0 Å². The number of nitrogens with two attached hydrogens (primary N) is 1. The van der Waals surface area contributed by atoms with Crippen molar-refractivity contribution in [1.29, 1.82) is 0 Å². The summed E-state index contributed by atoms with van der Waals surface area (Å²) in [5.41, 5.74) is 5.15. The predicted octanol–water partition coefficient (Wildman–Crippen LogP) is -0.253. The Morgan fingerprint density at radius 2 is 1.91 bits per heavy atom. The molecule has 1 saturated heterocycles. The quantitative estimate of drug-likeness (QED) is 0.509. The van der Waals surface area contributed by atoms with Gasteiger partial charge < -0.3 is 16.0 Å². The lowest BCUT2D eigenvalue weighted by atomic mass is 10.1. The van der Waals surface area contributed by atoms with Crippen molar-refractivity contribution in [2.45, 2.75) is 25.9 Å². The molecule has 2 atom stereocenters. The summed E-state index contributed by atoms with van der Waals surface area (Å²) in [4.78, 5) is 12.4. The zero-order valence-corrected chi connectivity index (χ0v) is 7.00. The van der Waals surface area contributed by atoms with Gasteiger partial charge in [0.15, 0.2) is 0 Å². The largest absolute Gasteiger partial charge is 0.351 e. The maximum absolute atomic E-state index is 10.8. The molecule has 3 N–H and O–H groups in total. The van der Waals surface area contributed by atoms with Gasteiger partial charge in [-0.15, -0.1) is 0 Å². The number of hydrogen-bond acceptors (Lipinski definition) is 2. The van der Waals surface area contributed by atoms with Crippen LogP contribution in [0.4, 0.5) is 4.79 Å². The van der Waals surface area contributed by atoms with E-state index in [0.717, 1.165) is 13.1 Å². The highest BCUT2D eigenvalue weighted by molar-refractivity contribution is 5.72. The molecule has 0 saturated carbocycles. The molecule has 0 radical (unpaired) electrons. The minimum Gasteiger partial charge on any atom is -0.351 e. The minimum atomic E-state index is -0.315. The predicted molar refractivity (Wildman–Crippen MR) is 43.2 cm³/mol. The average Bonchev–Trinajstić information content (AvgIpc) is 1.85. The van der Waals surface area contributed by atoms with Crippen molar-refractivity contribution in [2.24, 2.45) is 5.73 Å². The van der Waals surface area contributed by atoms with Crippen molar-refractivity contribution in [1.82, 2.24) is 10.2 Å². The Labute approximate surface area is 66.7 Å². The summed E-state index contributed by atoms with van der Waals surface area (Å²) < 4.78 is 0. The number of primary amides is 1. The number of urea groups is 1. The van der Waals surface area contributed by atoms with Gasteiger partial charge in [-0.1, -0.05) is 0 Å². The Morgan fingerprint density at radius 1 is 1.45 bits per heavy atom. The van der Waals surface area contributed by atoms with Gasteiger partial charge in [0.1, 0.15) is 0 Å². The van der Waals surface area contributed by atoms with Gasteiger partial charge in [0, 0.05) is 25.2 Å². The summed E-state index contributed by atoms with van der Waals surface area (Å²) in [6, 6.07) is 0.391. The van der Waals surface area contributed by atoms with E-state index in [9.17, 15) is 4.79 Å². The van der Waals surface area contributed by atoms with E-state index in [4.69, 9.17) is 5.73 Å². The number of amides is 2. The molecule has 0 aromatic carbocycles. The number of carbonyl (C=O) groups excluding carboxylic acids is 1. The zero-order valence-electron chi connectivity index (χ0n) is 7.00. The normalized spacial score (nSPS) is 32.0. The van der Waals surface area contributed by atoms with Crippen molar-refractivity contribution in [3.63, 3.8) is 0 Å². The van der Waals surface area contributed by atoms with E-state index >= 15 is 0 Å². The van der Waals surface area contributed by atoms with Gasteiger partial charge in [0.25, 0.3) is 0 Å². The van der Waals surface area contributed by atoms with Crippen LogP contribution in [0.15, 0.2) is 0 Å². The second-order valence-electron chi connectivity index (χ2n) is 3.21. The molecule has 0 aliphatic carbocycles. The molecule has 64 valence electrons. The number of rotatable bonds is 0. The van der Waals surface area contributed by atoms with E-state index < -0.39 is 0 Å². The molecule has 1 aliphatic heterocycles. The highest BCUT2D eigenvalue weighted by Gasteiger charge is 2.22. The Morgan fingerprint density at radius 3 is 2.27 bits per heavy atom. The van der Waals surface area contributed by atoms with Gasteiger partial charge in [0.2, 0.25) is 0 Å². The van der Waals surface area contributed by atoms with E-state index in [2.05, 4.69) is 5.32 Å². The van der Waals surface area contributed by atoms with Gasteiger partial charge in [-0.05, 0) is 13.8 Å². The van der Waals surface area contributed by atoms with Crippen LogP contribution >= 0.6 is 0 Å². The number of nitrogens with one attached hydrogen (secondary N) is 1. The smallest absolute Gasteiger partial charge is 0.314 e. The number of carbonyl (C=O) groups is 1. The molecule has 0 aromatic heterocycles. The summed E-state index contributed by atoms with van der Waals surface area (Å²) >= 11 is 0. The lowest BCUT2D eigenvalue weighted by molar-refractivity contribution is 0.173. The first-order valence-corrected chi connectivity index (χ1v) is 3.90. The molecule has 2 amide bonds. The Bertz CT molecular complexity index is 150. The molecular weight excluding hydrogens is 142 g/mol. The van der Waals surface area contributed by atoms with Gasteiger partial charge >= 0.3 is 6.03 Å². The van der Waals surface area contributed by atoms with E-state index in [1.807, 2.05) is 13.8 Å². The molecule has 0 bridgehead atoms. The fourth-order valence-electron chi connectivity index (χ4n) is 1.51. The lowest BCUT2D eigenvalue weighted by Crippen LogP contribution is -2.57. The third-order valence-corrected chi connectivity index (χ3v) is 1.87. The maximum atomic E-state index is 10.8. The highest BCUT2D eigenvalue weighted by atomic mass is 16.2. The van der Waals surface area contributed by atoms with Crippen molar-refractivity contribution < 1.29 is 4.79 Å². The van der Waals surface area contributed by atoms with Gasteiger partial charge in [-0.25, -0.2) is 4.79 Å². The first kappa shape index (κ1) is 8.33. The Balaban J connectivity index is 2.49. The molecule has 1 fully saturated rings. The third-order valence-electron chi connectivity index (χ3n) is 1.87. The van der Waals surface area contributed by atoms with Crippen LogP contribution in [0.5, 0.6) is 0 Å². The molecule has 1 rings (SSSR count). The van der Waals surface area contributed by atoms with Crippen molar-refractivity contribution in [3.8, 4) is 0 Å². The fourth-order valence-corrected chi connectivity index (χ4v) is 1.51. The standard InChI is InChI=1S/C7H15N3O/c1-5-3-10(7(8)11)4-6(2)9-5/h5-6,9H,3-4H2,1-2H3,(H2,8,11). The van der Waals surface area contributed by atoms with Crippen molar-refractivity contribution in [2.75, 3.05) is 13.1 Å². The molecule has 11 heavy (non-hydrogen) atoms. The van der Waals surface area contributed by atoms with E-state index in [-0.39, 0.29) is 6.03 Å². The van der Waals surface area contributed by atoms with Crippen LogP contribution in [0.2, 0.25) is 0 Å². The maximum Gasteiger partial charge on any atom is 0.314 e. The van der Waals surface area contributed by atoms with Crippen LogP contribution in [0.25, 0.3) is 0 Å². The molecule has 2 unspecified atom stereocenters. The first-order valence-electron chi connectivity index (χ1n) is 3.90. The summed E-state index contributed by atoms with van der Waals surface area (Å²) in [6.45, 7) is 5.54. The van der Waals surface area contributed by atoms with Crippen molar-refractivity contribution >= 4 is 6.03 Å². The molecule has 0 aromatic rings. The van der Waals surface area contributed by atoms with Gasteiger partial charge in [-0.2, -0.15) is 0 Å². The number of nitrogens with zero attached hydrogens (tertiary/aromatic N) is 1. The zero-order chi connectivity index (χ0) is 8.43. The van der Waals surface area contributed by atoms with E-state index in [1.54, 1.807) is 4.90 Å². The topological polar surface area (TPSA) is 58.4 Å². The summed E-state index contributed by atoms with van der Waals surface area (Å²) in [7, 11) is 0. The molecule has 1 heterocycles. The van der Waals surface area contributed by atoms with Crippen LogP contribution in [0.1, 0.15) is 13.8 Å². The number of hydrogen-bond donors (Lipinski definition) is 2. The summed E-state index contributed by atoms with van der Waals surface area (Å²) in [5.74, 6) is 0. The van der Waals surface area contributed by atoms with Crippen LogP contribution in [0, 0.1) is 0 Å². The summed E-state index contributed by atoms with van der Waals surface area (Å²) in [5, 5.41) is 3.31. The number of piperazine rings is 1. The first-order chi connectivity index (χ1) is 5.09. The van der Waals surface area contributed by atoms with Gasteiger partial charge in [0.05, 0.1) is 0 Å². The van der Waals surface area contributed by atoms with Crippen LogP contribution < -0.4 is 11.1 Å². The highest BCUT2D eigenvalue weighted by Crippen LogP contribution is 2.02. The average molecular weight is 157 g/mol. The Hall–Kier alpha value is -0.770.